The van der Waals surface area contributed by atoms with Crippen LogP contribution in [-0.4, -0.2) is 25.0 Å². The molecule has 1 amide bonds. The molecule has 1 aromatic rings. The van der Waals surface area contributed by atoms with E-state index in [-0.39, 0.29) is 0 Å². The highest BCUT2D eigenvalue weighted by atomic mass is 19.2. The van der Waals surface area contributed by atoms with Gasteiger partial charge < -0.3 is 10.6 Å². The van der Waals surface area contributed by atoms with Crippen LogP contribution >= 0.6 is 0 Å². The third-order valence-electron chi connectivity index (χ3n) is 3.98. The van der Waals surface area contributed by atoms with E-state index in [0.717, 1.165) is 25.0 Å². The SMILES string of the molecule is O=C(NCCNC1CCCCCC1)c1ccc(F)c(F)c1F. The average Bonchev–Trinajstić information content (AvgIpc) is 2.78. The standard InChI is InChI=1S/C16H21F3N2O/c17-13-8-7-12(14(18)15(13)19)16(22)21-10-9-20-11-5-3-1-2-4-6-11/h7-8,11,20H,1-6,9-10H2,(H,21,22). The summed E-state index contributed by atoms with van der Waals surface area (Å²) in [6.45, 7) is 0.884. The summed E-state index contributed by atoms with van der Waals surface area (Å²) in [6, 6.07) is 2.15. The van der Waals surface area contributed by atoms with Gasteiger partial charge >= 0.3 is 0 Å². The van der Waals surface area contributed by atoms with Crippen LogP contribution in [0.15, 0.2) is 12.1 Å². The maximum Gasteiger partial charge on any atom is 0.254 e. The van der Waals surface area contributed by atoms with Crippen molar-refractivity contribution >= 4 is 5.91 Å². The van der Waals surface area contributed by atoms with Gasteiger partial charge in [-0.1, -0.05) is 25.7 Å². The van der Waals surface area contributed by atoms with Crippen molar-refractivity contribution in [1.29, 1.82) is 0 Å². The summed E-state index contributed by atoms with van der Waals surface area (Å²) in [5.41, 5.74) is -0.478. The second-order valence-electron chi connectivity index (χ2n) is 5.62. The molecule has 22 heavy (non-hydrogen) atoms. The summed E-state index contributed by atoms with van der Waals surface area (Å²) in [5.74, 6) is -5.11. The highest BCUT2D eigenvalue weighted by Gasteiger charge is 2.18. The van der Waals surface area contributed by atoms with Gasteiger partial charge in [0.25, 0.3) is 5.91 Å². The predicted molar refractivity (Wildman–Crippen MR) is 78.1 cm³/mol. The van der Waals surface area contributed by atoms with Crippen molar-refractivity contribution in [3.63, 3.8) is 0 Å². The predicted octanol–water partition coefficient (Wildman–Crippen LogP) is 3.15. The molecule has 0 aromatic heterocycles. The molecule has 1 aromatic carbocycles. The van der Waals surface area contributed by atoms with E-state index in [0.29, 0.717) is 19.1 Å². The van der Waals surface area contributed by atoms with Crippen molar-refractivity contribution in [1.82, 2.24) is 10.6 Å². The molecule has 122 valence electrons. The van der Waals surface area contributed by atoms with Crippen molar-refractivity contribution in [2.24, 2.45) is 0 Å². The average molecular weight is 314 g/mol. The Hall–Kier alpha value is -1.56. The molecular weight excluding hydrogens is 293 g/mol. The van der Waals surface area contributed by atoms with E-state index in [2.05, 4.69) is 10.6 Å². The van der Waals surface area contributed by atoms with E-state index in [1.54, 1.807) is 0 Å². The molecule has 0 aliphatic heterocycles. The summed E-state index contributed by atoms with van der Waals surface area (Å²) in [7, 11) is 0. The molecule has 0 radical (unpaired) electrons. The number of carbonyl (C=O) groups is 1. The van der Waals surface area contributed by atoms with Gasteiger partial charge in [-0.3, -0.25) is 4.79 Å². The third kappa shape index (κ3) is 4.47. The molecule has 1 fully saturated rings. The Morgan fingerprint density at radius 1 is 1.00 bits per heavy atom. The highest BCUT2D eigenvalue weighted by molar-refractivity contribution is 5.94. The molecule has 1 saturated carbocycles. The fraction of sp³-hybridized carbons (Fsp3) is 0.562. The fourth-order valence-electron chi connectivity index (χ4n) is 2.73. The Bertz CT molecular complexity index is 514. The Labute approximate surface area is 128 Å². The highest BCUT2D eigenvalue weighted by Crippen LogP contribution is 2.17. The lowest BCUT2D eigenvalue weighted by molar-refractivity contribution is 0.0948. The zero-order valence-corrected chi connectivity index (χ0v) is 12.4. The van der Waals surface area contributed by atoms with Crippen LogP contribution in [0.5, 0.6) is 0 Å². The summed E-state index contributed by atoms with van der Waals surface area (Å²) in [4.78, 5) is 11.8. The van der Waals surface area contributed by atoms with Crippen LogP contribution in [0, 0.1) is 17.5 Å². The van der Waals surface area contributed by atoms with Crippen molar-refractivity contribution in [3.8, 4) is 0 Å². The zero-order valence-electron chi connectivity index (χ0n) is 12.4. The first-order chi connectivity index (χ1) is 10.6. The van der Waals surface area contributed by atoms with Gasteiger partial charge in [0.2, 0.25) is 0 Å². The minimum absolute atomic E-state index is 0.313. The molecule has 3 nitrogen and oxygen atoms in total. The Balaban J connectivity index is 1.77. The molecule has 0 atom stereocenters. The molecule has 0 unspecified atom stereocenters. The van der Waals surface area contributed by atoms with Gasteiger partial charge in [0, 0.05) is 19.1 Å². The van der Waals surface area contributed by atoms with E-state index in [9.17, 15) is 18.0 Å². The first-order valence-corrected chi connectivity index (χ1v) is 7.74. The van der Waals surface area contributed by atoms with E-state index < -0.39 is 28.9 Å². The molecule has 6 heteroatoms. The first kappa shape index (κ1) is 16.8. The van der Waals surface area contributed by atoms with Crippen molar-refractivity contribution in [2.75, 3.05) is 13.1 Å². The van der Waals surface area contributed by atoms with Crippen LogP contribution in [0.25, 0.3) is 0 Å². The van der Waals surface area contributed by atoms with E-state index in [1.165, 1.54) is 25.7 Å². The van der Waals surface area contributed by atoms with Gasteiger partial charge in [0.05, 0.1) is 5.56 Å². The monoisotopic (exact) mass is 314 g/mol. The van der Waals surface area contributed by atoms with Gasteiger partial charge in [-0.25, -0.2) is 13.2 Å². The largest absolute Gasteiger partial charge is 0.351 e. The van der Waals surface area contributed by atoms with Gasteiger partial charge in [-0.05, 0) is 25.0 Å². The molecule has 1 aliphatic rings. The third-order valence-corrected chi connectivity index (χ3v) is 3.98. The van der Waals surface area contributed by atoms with Crippen LogP contribution in [0.4, 0.5) is 13.2 Å². The Kier molecular flexibility index (Phi) is 6.24. The van der Waals surface area contributed by atoms with Crippen molar-refractivity contribution in [3.05, 3.63) is 35.1 Å². The minimum atomic E-state index is -1.62. The minimum Gasteiger partial charge on any atom is -0.351 e. The zero-order chi connectivity index (χ0) is 15.9. The van der Waals surface area contributed by atoms with E-state index in [1.807, 2.05) is 0 Å². The van der Waals surface area contributed by atoms with Crippen LogP contribution in [0.2, 0.25) is 0 Å². The van der Waals surface area contributed by atoms with Crippen LogP contribution in [-0.2, 0) is 0 Å². The molecular formula is C16H21F3N2O. The van der Waals surface area contributed by atoms with Crippen LogP contribution < -0.4 is 10.6 Å². The number of rotatable bonds is 5. The normalized spacial score (nSPS) is 16.3. The lowest BCUT2D eigenvalue weighted by Gasteiger charge is -2.16. The van der Waals surface area contributed by atoms with Gasteiger partial charge in [-0.2, -0.15) is 0 Å². The molecule has 1 aliphatic carbocycles. The second kappa shape index (κ2) is 8.17. The lowest BCUT2D eigenvalue weighted by Crippen LogP contribution is -2.37. The summed E-state index contributed by atoms with van der Waals surface area (Å²) < 4.78 is 39.4. The smallest absolute Gasteiger partial charge is 0.254 e. The lowest BCUT2D eigenvalue weighted by atomic mass is 10.1. The van der Waals surface area contributed by atoms with E-state index in [4.69, 9.17) is 0 Å². The van der Waals surface area contributed by atoms with Crippen molar-refractivity contribution < 1.29 is 18.0 Å². The Morgan fingerprint density at radius 3 is 2.36 bits per heavy atom. The topological polar surface area (TPSA) is 41.1 Å². The number of halogens is 3. The number of benzene rings is 1. The van der Waals surface area contributed by atoms with Crippen LogP contribution in [0.1, 0.15) is 48.9 Å². The summed E-state index contributed by atoms with van der Waals surface area (Å²) in [6.07, 6.45) is 7.22. The number of hydrogen-bond acceptors (Lipinski definition) is 2. The molecule has 0 heterocycles. The summed E-state index contributed by atoms with van der Waals surface area (Å²) in [5, 5.41) is 5.87. The number of amides is 1. The first-order valence-electron chi connectivity index (χ1n) is 7.74. The molecule has 2 N–H and O–H groups in total. The second-order valence-corrected chi connectivity index (χ2v) is 5.62. The molecule has 0 spiro atoms. The summed E-state index contributed by atoms with van der Waals surface area (Å²) >= 11 is 0. The number of carbonyl (C=O) groups excluding carboxylic acids is 1. The maximum absolute atomic E-state index is 13.5. The molecule has 0 saturated heterocycles. The van der Waals surface area contributed by atoms with Gasteiger partial charge in [0.15, 0.2) is 17.5 Å². The van der Waals surface area contributed by atoms with Gasteiger partial charge in [0.1, 0.15) is 0 Å². The molecule has 2 rings (SSSR count). The van der Waals surface area contributed by atoms with Crippen LogP contribution in [0.3, 0.4) is 0 Å². The maximum atomic E-state index is 13.5. The fourth-order valence-corrected chi connectivity index (χ4v) is 2.73. The van der Waals surface area contributed by atoms with Crippen molar-refractivity contribution in [2.45, 2.75) is 44.6 Å². The number of hydrogen-bond donors (Lipinski definition) is 2. The number of nitrogens with one attached hydrogen (secondary N) is 2. The quantitative estimate of drug-likeness (QED) is 0.498. The van der Waals surface area contributed by atoms with E-state index >= 15 is 0 Å². The Morgan fingerprint density at radius 2 is 1.68 bits per heavy atom. The molecule has 0 bridgehead atoms. The van der Waals surface area contributed by atoms with Gasteiger partial charge in [-0.15, -0.1) is 0 Å².